The summed E-state index contributed by atoms with van der Waals surface area (Å²) in [4.78, 5) is 0. The lowest BCUT2D eigenvalue weighted by Gasteiger charge is -2.35. The van der Waals surface area contributed by atoms with E-state index in [0.717, 1.165) is 11.1 Å². The molecule has 0 aromatic carbocycles. The Balaban J connectivity index is 2.46. The number of rotatable bonds is 0. The maximum absolute atomic E-state index is 5.80. The van der Waals surface area contributed by atoms with Gasteiger partial charge in [0.05, 0.1) is 0 Å². The molecule has 3 aliphatic rings. The van der Waals surface area contributed by atoms with Crippen LogP contribution in [0.4, 0.5) is 0 Å². The summed E-state index contributed by atoms with van der Waals surface area (Å²) in [5, 5.41) is 0. The molecule has 1 saturated carbocycles. The molecule has 3 aliphatic carbocycles. The number of allylic oxidation sites excluding steroid dienone is 4. The van der Waals surface area contributed by atoms with E-state index in [4.69, 9.17) is 23.2 Å². The van der Waals surface area contributed by atoms with Crippen LogP contribution in [0.5, 0.6) is 0 Å². The van der Waals surface area contributed by atoms with Crippen LogP contribution < -0.4 is 0 Å². The Morgan fingerprint density at radius 1 is 1.25 bits per heavy atom. The molecule has 2 heteroatoms. The molecule has 12 heavy (non-hydrogen) atoms. The average Bonchev–Trinajstić information content (AvgIpc) is 2.05. The maximum Gasteiger partial charge on any atom is 0.110 e. The van der Waals surface area contributed by atoms with Crippen molar-refractivity contribution in [1.82, 2.24) is 0 Å². The molecule has 0 radical (unpaired) electrons. The summed E-state index contributed by atoms with van der Waals surface area (Å²) < 4.78 is 0.402. The second-order valence-corrected chi connectivity index (χ2v) is 4.32. The lowest BCUT2D eigenvalue weighted by atomic mass is 9.70. The van der Waals surface area contributed by atoms with Crippen molar-refractivity contribution in [2.24, 2.45) is 11.8 Å². The molecule has 1 fully saturated rings. The number of fused-ring (bicyclic) bond motifs is 2. The van der Waals surface area contributed by atoms with Gasteiger partial charge in [0.1, 0.15) is 4.49 Å². The lowest BCUT2D eigenvalue weighted by Crippen LogP contribution is -2.22. The molecule has 0 nitrogen and oxygen atoms in total. The second-order valence-electron chi connectivity index (χ2n) is 3.37. The minimum absolute atomic E-state index is 0.402. The van der Waals surface area contributed by atoms with Gasteiger partial charge in [0, 0.05) is 11.8 Å². The van der Waals surface area contributed by atoms with Crippen LogP contribution >= 0.6 is 23.2 Å². The summed E-state index contributed by atoms with van der Waals surface area (Å²) in [6.07, 6.45) is 6.78. The van der Waals surface area contributed by atoms with E-state index in [9.17, 15) is 0 Å². The zero-order valence-corrected chi connectivity index (χ0v) is 8.20. The summed E-state index contributed by atoms with van der Waals surface area (Å²) in [6, 6.07) is 0. The molecule has 0 N–H and O–H groups in total. The minimum Gasteiger partial charge on any atom is -0.0949 e. The van der Waals surface area contributed by atoms with Gasteiger partial charge >= 0.3 is 0 Å². The third kappa shape index (κ3) is 1.14. The molecule has 2 atom stereocenters. The second kappa shape index (κ2) is 2.93. The highest BCUT2D eigenvalue weighted by Crippen LogP contribution is 2.45. The fourth-order valence-electron chi connectivity index (χ4n) is 2.05. The Hall–Kier alpha value is -0.200. The first kappa shape index (κ1) is 8.40. The molecule has 0 heterocycles. The third-order valence-electron chi connectivity index (χ3n) is 2.73. The number of hydrogen-bond donors (Lipinski definition) is 0. The van der Waals surface area contributed by atoms with Gasteiger partial charge in [-0.15, -0.1) is 0 Å². The predicted octanol–water partition coefficient (Wildman–Crippen LogP) is 3.83. The van der Waals surface area contributed by atoms with Crippen LogP contribution in [0.1, 0.15) is 12.8 Å². The van der Waals surface area contributed by atoms with Gasteiger partial charge in [-0.2, -0.15) is 0 Å². The molecule has 64 valence electrons. The van der Waals surface area contributed by atoms with E-state index in [-0.39, 0.29) is 0 Å². The third-order valence-corrected chi connectivity index (χ3v) is 3.14. The van der Waals surface area contributed by atoms with E-state index < -0.39 is 0 Å². The van der Waals surface area contributed by atoms with Crippen molar-refractivity contribution < 1.29 is 0 Å². The summed E-state index contributed by atoms with van der Waals surface area (Å²) >= 11 is 11.6. The van der Waals surface area contributed by atoms with Crippen molar-refractivity contribution in [2.45, 2.75) is 12.8 Å². The van der Waals surface area contributed by atoms with Crippen LogP contribution in [-0.4, -0.2) is 0 Å². The van der Waals surface area contributed by atoms with E-state index in [1.54, 1.807) is 0 Å². The fraction of sp³-hybridized carbons (Fsp3) is 0.400. The van der Waals surface area contributed by atoms with Crippen molar-refractivity contribution in [3.63, 3.8) is 0 Å². The van der Waals surface area contributed by atoms with Gasteiger partial charge in [-0.3, -0.25) is 0 Å². The van der Waals surface area contributed by atoms with Crippen LogP contribution in [0.3, 0.4) is 0 Å². The normalized spacial score (nSPS) is 32.8. The summed E-state index contributed by atoms with van der Waals surface area (Å²) in [7, 11) is 0. The van der Waals surface area contributed by atoms with E-state index in [0.29, 0.717) is 16.3 Å². The van der Waals surface area contributed by atoms with E-state index >= 15 is 0 Å². The molecule has 2 bridgehead atoms. The first-order valence-corrected chi connectivity index (χ1v) is 4.88. The van der Waals surface area contributed by atoms with Crippen molar-refractivity contribution in [1.29, 1.82) is 0 Å². The van der Waals surface area contributed by atoms with Gasteiger partial charge in [0.25, 0.3) is 0 Å². The zero-order valence-electron chi connectivity index (χ0n) is 6.69. The highest BCUT2D eigenvalue weighted by atomic mass is 35.5. The minimum atomic E-state index is 0.402. The molecule has 3 rings (SSSR count). The Morgan fingerprint density at radius 2 is 1.83 bits per heavy atom. The average molecular weight is 201 g/mol. The van der Waals surface area contributed by atoms with Gasteiger partial charge in [0.15, 0.2) is 0 Å². The number of hydrogen-bond acceptors (Lipinski definition) is 0. The van der Waals surface area contributed by atoms with Crippen molar-refractivity contribution >= 4 is 23.2 Å². The molecule has 0 amide bonds. The van der Waals surface area contributed by atoms with Crippen LogP contribution in [0.25, 0.3) is 0 Å². The van der Waals surface area contributed by atoms with Crippen LogP contribution in [-0.2, 0) is 0 Å². The molecule has 0 saturated heterocycles. The van der Waals surface area contributed by atoms with Crippen molar-refractivity contribution in [2.75, 3.05) is 0 Å². The molecular weight excluding hydrogens is 191 g/mol. The molecule has 0 aromatic rings. The Morgan fingerprint density at radius 3 is 2.17 bits per heavy atom. The largest absolute Gasteiger partial charge is 0.110 e. The Labute approximate surface area is 82.5 Å². The van der Waals surface area contributed by atoms with Gasteiger partial charge < -0.3 is 0 Å². The standard InChI is InChI=1S/C10H10Cl2/c1-6-7-2-4-8(5-3-7)9(6)10(11)12/h2,4,7-8H,1,3,5H2/t7-,8+/m0/s1. The summed E-state index contributed by atoms with van der Waals surface area (Å²) in [5.74, 6) is 0.907. The fourth-order valence-corrected chi connectivity index (χ4v) is 2.57. The first-order chi connectivity index (χ1) is 5.70. The maximum atomic E-state index is 5.80. The first-order valence-electron chi connectivity index (χ1n) is 4.13. The van der Waals surface area contributed by atoms with Gasteiger partial charge in [-0.05, 0) is 24.0 Å². The van der Waals surface area contributed by atoms with Crippen molar-refractivity contribution in [3.05, 3.63) is 34.4 Å². The van der Waals surface area contributed by atoms with E-state index in [2.05, 4.69) is 18.7 Å². The van der Waals surface area contributed by atoms with Crippen LogP contribution in [0.15, 0.2) is 34.4 Å². The monoisotopic (exact) mass is 200 g/mol. The van der Waals surface area contributed by atoms with Crippen LogP contribution in [0, 0.1) is 11.8 Å². The summed E-state index contributed by atoms with van der Waals surface area (Å²) in [5.41, 5.74) is 2.19. The Bertz CT molecular complexity index is 282. The molecule has 0 unspecified atom stereocenters. The smallest absolute Gasteiger partial charge is 0.0949 e. The Kier molecular flexibility index (Phi) is 2.05. The quantitative estimate of drug-likeness (QED) is 0.522. The van der Waals surface area contributed by atoms with Gasteiger partial charge in [0.2, 0.25) is 0 Å². The predicted molar refractivity (Wildman–Crippen MR) is 53.2 cm³/mol. The van der Waals surface area contributed by atoms with E-state index in [1.165, 1.54) is 12.8 Å². The highest BCUT2D eigenvalue weighted by molar-refractivity contribution is 6.56. The van der Waals surface area contributed by atoms with Gasteiger partial charge in [-0.1, -0.05) is 41.9 Å². The SMILES string of the molecule is C=C1C(=C(Cl)Cl)[C@@H]2C=C[C@H]1CC2. The van der Waals surface area contributed by atoms with E-state index in [1.807, 2.05) is 0 Å². The van der Waals surface area contributed by atoms with Crippen molar-refractivity contribution in [3.8, 4) is 0 Å². The molecule has 0 aromatic heterocycles. The highest BCUT2D eigenvalue weighted by Gasteiger charge is 2.31. The topological polar surface area (TPSA) is 0 Å². The molecule has 0 aliphatic heterocycles. The zero-order chi connectivity index (χ0) is 8.72. The van der Waals surface area contributed by atoms with Gasteiger partial charge in [-0.25, -0.2) is 0 Å². The summed E-state index contributed by atoms with van der Waals surface area (Å²) in [6.45, 7) is 4.02. The molecule has 0 spiro atoms. The molecular formula is C10H10Cl2. The van der Waals surface area contributed by atoms with Crippen LogP contribution in [0.2, 0.25) is 0 Å². The number of halogens is 2. The lowest BCUT2D eigenvalue weighted by molar-refractivity contribution is 0.484.